The van der Waals surface area contributed by atoms with Crippen LogP contribution < -0.4 is 10.9 Å². The van der Waals surface area contributed by atoms with Gasteiger partial charge in [0.05, 0.1) is 23.1 Å². The average molecular weight is 349 g/mol. The molecule has 4 rings (SSSR count). The second-order valence-electron chi connectivity index (χ2n) is 7.68. The van der Waals surface area contributed by atoms with Gasteiger partial charge in [-0.1, -0.05) is 0 Å². The summed E-state index contributed by atoms with van der Waals surface area (Å²) in [5.41, 5.74) is 0.341. The number of thiophene rings is 1. The molecule has 0 aliphatic carbocycles. The Labute approximate surface area is 144 Å². The predicted octanol–water partition coefficient (Wildman–Crippen LogP) is 2.22. The molecule has 0 saturated carbocycles. The molecule has 0 spiro atoms. The van der Waals surface area contributed by atoms with Crippen LogP contribution in [-0.2, 0) is 23.3 Å². The minimum absolute atomic E-state index is 0.0916. The first-order valence-corrected chi connectivity index (χ1v) is 9.17. The Morgan fingerprint density at radius 3 is 2.92 bits per heavy atom. The van der Waals surface area contributed by atoms with Crippen molar-refractivity contribution in [2.24, 2.45) is 0 Å². The third-order valence-corrected chi connectivity index (χ3v) is 6.70. The summed E-state index contributed by atoms with van der Waals surface area (Å²) in [6, 6.07) is 0.0916. The zero-order chi connectivity index (χ0) is 17.3. The van der Waals surface area contributed by atoms with E-state index in [4.69, 9.17) is 4.74 Å². The molecule has 0 bridgehead atoms. The predicted molar refractivity (Wildman–Crippen MR) is 94.9 cm³/mol. The first-order valence-electron chi connectivity index (χ1n) is 8.36. The number of hydrogen-bond donors (Lipinski definition) is 2. The van der Waals surface area contributed by atoms with E-state index < -0.39 is 0 Å². The molecule has 6 nitrogen and oxygen atoms in total. The molecule has 2 aliphatic rings. The Kier molecular flexibility index (Phi) is 3.37. The van der Waals surface area contributed by atoms with Gasteiger partial charge in [0.1, 0.15) is 4.83 Å². The van der Waals surface area contributed by atoms with Crippen LogP contribution in [0, 0.1) is 0 Å². The van der Waals surface area contributed by atoms with Gasteiger partial charge in [-0.25, -0.2) is 0 Å². The van der Waals surface area contributed by atoms with Crippen LogP contribution in [0.1, 0.15) is 44.6 Å². The quantitative estimate of drug-likeness (QED) is 0.869. The van der Waals surface area contributed by atoms with Gasteiger partial charge in [0.25, 0.3) is 5.56 Å². The molecule has 0 radical (unpaired) electrons. The van der Waals surface area contributed by atoms with Crippen LogP contribution >= 0.6 is 11.3 Å². The maximum Gasteiger partial charge on any atom is 0.283 e. The molecule has 2 aliphatic heterocycles. The van der Waals surface area contributed by atoms with E-state index in [9.17, 15) is 9.90 Å². The third kappa shape index (κ3) is 2.08. The minimum Gasteiger partial charge on any atom is -0.396 e. The van der Waals surface area contributed by atoms with Gasteiger partial charge in [0, 0.05) is 23.9 Å². The Bertz CT molecular complexity index is 885. The number of fused-ring (bicyclic) bond motifs is 5. The van der Waals surface area contributed by atoms with Crippen molar-refractivity contribution in [3.63, 3.8) is 0 Å². The van der Waals surface area contributed by atoms with Crippen LogP contribution in [0.3, 0.4) is 0 Å². The molecular formula is C17H23N3O3S. The maximum absolute atomic E-state index is 12.7. The number of aromatic nitrogens is 2. The number of hydrogen-bond acceptors (Lipinski definition) is 6. The van der Waals surface area contributed by atoms with E-state index in [1.807, 2.05) is 0 Å². The first-order chi connectivity index (χ1) is 11.3. The molecule has 7 heteroatoms. The lowest BCUT2D eigenvalue weighted by Crippen LogP contribution is -2.38. The Hall–Kier alpha value is -1.44. The normalized spacial score (nSPS) is 27.8. The van der Waals surface area contributed by atoms with E-state index in [1.165, 1.54) is 0 Å². The molecular weight excluding hydrogens is 326 g/mol. The van der Waals surface area contributed by atoms with Crippen molar-refractivity contribution in [2.75, 3.05) is 11.9 Å². The molecule has 2 aromatic rings. The summed E-state index contributed by atoms with van der Waals surface area (Å²) < 4.78 is 8.05. The number of aliphatic hydroxyl groups is 1. The highest BCUT2D eigenvalue weighted by atomic mass is 32.1. The number of rotatable bonds is 2. The van der Waals surface area contributed by atoms with Crippen LogP contribution in [0.25, 0.3) is 10.2 Å². The lowest BCUT2D eigenvalue weighted by molar-refractivity contribution is -0.0379. The topological polar surface area (TPSA) is 76.4 Å². The van der Waals surface area contributed by atoms with Gasteiger partial charge < -0.3 is 15.2 Å². The van der Waals surface area contributed by atoms with Crippen molar-refractivity contribution >= 4 is 27.5 Å². The first kappa shape index (κ1) is 16.1. The van der Waals surface area contributed by atoms with Crippen LogP contribution in [0.5, 0.6) is 0 Å². The standard InChI is InChI=1S/C17H23N3O3S/c1-9-17(4,5-6-21)20-14-12(13(22)19-15(20)18-9)10-7-16(2,3)23-8-11(10)24-14/h9,21H,5-8H2,1-4H3,(H,18,19,22). The van der Waals surface area contributed by atoms with Crippen molar-refractivity contribution in [3.05, 3.63) is 20.8 Å². The van der Waals surface area contributed by atoms with Crippen LogP contribution in [-0.4, -0.2) is 32.9 Å². The summed E-state index contributed by atoms with van der Waals surface area (Å²) in [4.78, 5) is 19.1. The summed E-state index contributed by atoms with van der Waals surface area (Å²) in [7, 11) is 0. The molecule has 130 valence electrons. The fraction of sp³-hybridized carbons (Fsp3) is 0.647. The van der Waals surface area contributed by atoms with Crippen LogP contribution in [0.2, 0.25) is 0 Å². The fourth-order valence-electron chi connectivity index (χ4n) is 3.88. The summed E-state index contributed by atoms with van der Waals surface area (Å²) in [5.74, 6) is 0.606. The lowest BCUT2D eigenvalue weighted by atomic mass is 9.91. The van der Waals surface area contributed by atoms with Crippen molar-refractivity contribution < 1.29 is 9.84 Å². The van der Waals surface area contributed by atoms with E-state index in [-0.39, 0.29) is 29.3 Å². The zero-order valence-corrected chi connectivity index (χ0v) is 15.3. The number of anilines is 1. The van der Waals surface area contributed by atoms with Crippen molar-refractivity contribution in [2.45, 2.75) is 64.3 Å². The van der Waals surface area contributed by atoms with Gasteiger partial charge >= 0.3 is 0 Å². The van der Waals surface area contributed by atoms with E-state index in [0.717, 1.165) is 27.1 Å². The molecule has 2 unspecified atom stereocenters. The summed E-state index contributed by atoms with van der Waals surface area (Å²) in [6.45, 7) is 8.92. The zero-order valence-electron chi connectivity index (χ0n) is 14.5. The van der Waals surface area contributed by atoms with Crippen molar-refractivity contribution in [3.8, 4) is 0 Å². The molecule has 0 saturated heterocycles. The summed E-state index contributed by atoms with van der Waals surface area (Å²) in [5, 5.41) is 13.6. The number of ether oxygens (including phenoxy) is 1. The van der Waals surface area contributed by atoms with Gasteiger partial charge in [0.15, 0.2) is 0 Å². The lowest BCUT2D eigenvalue weighted by Gasteiger charge is -2.30. The SMILES string of the molecule is CC1Nc2nc(=O)c3c4c(sc3n2C1(C)CCO)COC(C)(C)C4. The molecule has 4 heterocycles. The molecule has 2 N–H and O–H groups in total. The number of nitrogens with zero attached hydrogens (tertiary/aromatic N) is 2. The minimum atomic E-state index is -0.313. The highest BCUT2D eigenvalue weighted by Crippen LogP contribution is 2.43. The monoisotopic (exact) mass is 349 g/mol. The Morgan fingerprint density at radius 2 is 2.21 bits per heavy atom. The van der Waals surface area contributed by atoms with E-state index >= 15 is 0 Å². The van der Waals surface area contributed by atoms with E-state index in [0.29, 0.717) is 19.0 Å². The molecule has 0 amide bonds. The molecule has 2 aromatic heterocycles. The maximum atomic E-state index is 12.7. The number of aliphatic hydroxyl groups excluding tert-OH is 1. The van der Waals surface area contributed by atoms with Crippen LogP contribution in [0.4, 0.5) is 5.95 Å². The van der Waals surface area contributed by atoms with Crippen molar-refractivity contribution in [1.29, 1.82) is 0 Å². The molecule has 24 heavy (non-hydrogen) atoms. The molecule has 2 atom stereocenters. The van der Waals surface area contributed by atoms with E-state index in [1.54, 1.807) is 11.3 Å². The van der Waals surface area contributed by atoms with Gasteiger partial charge in [-0.15, -0.1) is 11.3 Å². The van der Waals surface area contributed by atoms with Gasteiger partial charge in [-0.05, 0) is 39.7 Å². The van der Waals surface area contributed by atoms with Gasteiger partial charge in [0.2, 0.25) is 5.95 Å². The largest absolute Gasteiger partial charge is 0.396 e. The summed E-state index contributed by atoms with van der Waals surface area (Å²) in [6.07, 6.45) is 1.33. The van der Waals surface area contributed by atoms with E-state index in [2.05, 4.69) is 42.6 Å². The second kappa shape index (κ2) is 5.03. The van der Waals surface area contributed by atoms with Crippen molar-refractivity contribution in [1.82, 2.24) is 9.55 Å². The molecule has 0 fully saturated rings. The second-order valence-corrected chi connectivity index (χ2v) is 8.77. The Morgan fingerprint density at radius 1 is 1.46 bits per heavy atom. The smallest absolute Gasteiger partial charge is 0.283 e. The summed E-state index contributed by atoms with van der Waals surface area (Å²) >= 11 is 1.63. The van der Waals surface area contributed by atoms with Crippen LogP contribution in [0.15, 0.2) is 4.79 Å². The highest BCUT2D eigenvalue weighted by Gasteiger charge is 2.43. The third-order valence-electron chi connectivity index (χ3n) is 5.51. The highest BCUT2D eigenvalue weighted by molar-refractivity contribution is 7.18. The average Bonchev–Trinajstić information content (AvgIpc) is 2.95. The molecule has 0 aromatic carbocycles. The van der Waals surface area contributed by atoms with Gasteiger partial charge in [-0.3, -0.25) is 9.36 Å². The van der Waals surface area contributed by atoms with Gasteiger partial charge in [-0.2, -0.15) is 4.98 Å². The number of nitrogens with one attached hydrogen (secondary N) is 1. The Balaban J connectivity index is 2.02. The fourth-order valence-corrected chi connectivity index (χ4v) is 5.23.